The van der Waals surface area contributed by atoms with Crippen molar-refractivity contribution in [2.45, 2.75) is 97.0 Å². The molecule has 0 aromatic heterocycles. The molecule has 0 bridgehead atoms. The van der Waals surface area contributed by atoms with E-state index in [4.69, 9.17) is 16.3 Å². The summed E-state index contributed by atoms with van der Waals surface area (Å²) >= 11 is 7.82. The number of alkyl halides is 3. The van der Waals surface area contributed by atoms with Crippen molar-refractivity contribution in [1.29, 1.82) is 0 Å². The van der Waals surface area contributed by atoms with Crippen molar-refractivity contribution in [3.63, 3.8) is 0 Å². The number of thioether (sulfide) groups is 1. The molecule has 7 aliphatic rings. The van der Waals surface area contributed by atoms with Crippen LogP contribution in [0.1, 0.15) is 101 Å². The maximum atomic E-state index is 14.4. The van der Waals surface area contributed by atoms with Crippen LogP contribution in [0.4, 0.5) is 30.2 Å². The summed E-state index contributed by atoms with van der Waals surface area (Å²) in [7, 11) is -11.0. The Labute approximate surface area is 625 Å². The van der Waals surface area contributed by atoms with E-state index >= 15 is 0 Å². The minimum Gasteiger partial charge on any atom is -0.384 e. The van der Waals surface area contributed by atoms with Gasteiger partial charge in [0.2, 0.25) is 23.6 Å². The number of nitrogens with zero attached hydrogens (tertiary/aromatic N) is 8. The van der Waals surface area contributed by atoms with Gasteiger partial charge in [-0.15, -0.1) is 11.8 Å². The summed E-state index contributed by atoms with van der Waals surface area (Å²) in [5.41, 5.74) is -0.785. The number of imide groups is 2. The van der Waals surface area contributed by atoms with Crippen LogP contribution in [0, 0.1) is 5.41 Å². The molecule has 24 nitrogen and oxygen atoms in total. The molecule has 31 heteroatoms. The molecule has 0 spiro atoms. The van der Waals surface area contributed by atoms with Gasteiger partial charge in [-0.05, 0) is 140 Å². The first kappa shape index (κ1) is 77.7. The smallest absolute Gasteiger partial charge is 0.384 e. The van der Waals surface area contributed by atoms with Gasteiger partial charge >= 0.3 is 5.51 Å². The first-order chi connectivity index (χ1) is 50.8. The van der Waals surface area contributed by atoms with Gasteiger partial charge in [-0.2, -0.15) is 13.2 Å². The standard InChI is InChI=1S/C75H90ClF3N12O12S3/c1-74(51-87-34-40-90(41-35-87)68(94)49-86-32-38-89(39-33-86)67(93)12-5-6-28-80-63-11-7-10-61-69(63)73(98)91(72(61)97)64-23-24-66(92)82-71(64)96)27-25-60(52-13-17-55(76)18-14-52)54(47-74)48-85-30-36-88(37-31-85)57-19-15-53(16-20-57)70(95)83-106(101,102)59-21-22-62(65(46-59)105(99,100)75(77,78)79)81-56(26-29-84-42-44-103-45-43-84)50-104-58-8-3-2-4-9-58/h2-4,7-11,13-22,46,56,64,80-81H,5-6,12,23-45,47-51H2,1H3,(H,83,95)(H,82,92,96)/t56-,64?,74?/m1/s1. The molecule has 5 aromatic carbocycles. The molecule has 5 saturated heterocycles. The highest BCUT2D eigenvalue weighted by molar-refractivity contribution is 7.99. The van der Waals surface area contributed by atoms with E-state index in [1.807, 2.05) is 57.0 Å². The van der Waals surface area contributed by atoms with E-state index in [0.29, 0.717) is 140 Å². The summed E-state index contributed by atoms with van der Waals surface area (Å²) in [5.74, 6) is -2.86. The lowest BCUT2D eigenvalue weighted by molar-refractivity contribution is -0.137. The minimum absolute atomic E-state index is 0.0317. The second kappa shape index (κ2) is 34.1. The van der Waals surface area contributed by atoms with Crippen molar-refractivity contribution in [2.24, 2.45) is 5.41 Å². The number of hydrogen-bond donors (Lipinski definition) is 4. The molecule has 12 rings (SSSR count). The largest absolute Gasteiger partial charge is 0.501 e. The third-order valence-electron chi connectivity index (χ3n) is 21.1. The highest BCUT2D eigenvalue weighted by Gasteiger charge is 2.49. The van der Waals surface area contributed by atoms with Gasteiger partial charge in [-0.1, -0.05) is 60.5 Å². The van der Waals surface area contributed by atoms with Crippen molar-refractivity contribution in [3.8, 4) is 0 Å². The zero-order valence-electron chi connectivity index (χ0n) is 59.3. The van der Waals surface area contributed by atoms with Crippen LogP contribution in [0.2, 0.25) is 5.02 Å². The fourth-order valence-electron chi connectivity index (χ4n) is 15.1. The summed E-state index contributed by atoms with van der Waals surface area (Å²) in [5, 5.41) is 9.12. The first-order valence-electron chi connectivity index (χ1n) is 36.2. The molecule has 0 radical (unpaired) electrons. The zero-order chi connectivity index (χ0) is 74.9. The highest BCUT2D eigenvalue weighted by atomic mass is 35.5. The number of benzene rings is 5. The predicted octanol–water partition coefficient (Wildman–Crippen LogP) is 7.79. The molecule has 6 aliphatic heterocycles. The third-order valence-corrected chi connectivity index (χ3v) is 25.4. The summed E-state index contributed by atoms with van der Waals surface area (Å²) < 4.78 is 105. The van der Waals surface area contributed by atoms with Crippen LogP contribution in [0.5, 0.6) is 0 Å². The molecule has 5 fully saturated rings. The molecule has 6 heterocycles. The number of carbonyl (C=O) groups is 7. The fourth-order valence-corrected chi connectivity index (χ4v) is 18.3. The van der Waals surface area contributed by atoms with Crippen LogP contribution in [0.15, 0.2) is 136 Å². The van der Waals surface area contributed by atoms with E-state index in [1.165, 1.54) is 35.0 Å². The number of sulfonamides is 1. The van der Waals surface area contributed by atoms with Crippen molar-refractivity contribution >= 4 is 107 Å². The number of unbranched alkanes of at least 4 members (excludes halogenated alkanes) is 1. The minimum atomic E-state index is -6.11. The Hall–Kier alpha value is -7.94. The average molecular weight is 1540 g/mol. The fraction of sp³-hybridized carbons (Fsp3) is 0.480. The lowest BCUT2D eigenvalue weighted by atomic mass is 9.71. The number of anilines is 3. The lowest BCUT2D eigenvalue weighted by Gasteiger charge is -2.44. The van der Waals surface area contributed by atoms with E-state index in [1.54, 1.807) is 30.3 Å². The Morgan fingerprint density at radius 2 is 1.40 bits per heavy atom. The number of allylic oxidation sites excluding steroid dienone is 1. The van der Waals surface area contributed by atoms with E-state index < -0.39 is 82.5 Å². The Morgan fingerprint density at radius 1 is 0.717 bits per heavy atom. The van der Waals surface area contributed by atoms with Gasteiger partial charge < -0.3 is 30.1 Å². The first-order valence-corrected chi connectivity index (χ1v) is 40.5. The number of carbonyl (C=O) groups excluding carboxylic acids is 7. The second-order valence-electron chi connectivity index (χ2n) is 28.5. The van der Waals surface area contributed by atoms with Gasteiger partial charge in [0.25, 0.3) is 37.6 Å². The summed E-state index contributed by atoms with van der Waals surface area (Å²) in [6, 6.07) is 29.4. The van der Waals surface area contributed by atoms with Crippen LogP contribution in [0.25, 0.3) is 5.57 Å². The summed E-state index contributed by atoms with van der Waals surface area (Å²) in [4.78, 5) is 107. The third kappa shape index (κ3) is 18.9. The van der Waals surface area contributed by atoms with Gasteiger partial charge in [-0.25, -0.2) is 21.6 Å². The van der Waals surface area contributed by atoms with Gasteiger partial charge in [0.15, 0.2) is 0 Å². The average Bonchev–Trinajstić information content (AvgIpc) is 1.46. The van der Waals surface area contributed by atoms with Crippen molar-refractivity contribution in [1.82, 2.24) is 44.3 Å². The number of halogens is 4. The van der Waals surface area contributed by atoms with Crippen LogP contribution in [0.3, 0.4) is 0 Å². The van der Waals surface area contributed by atoms with Crippen LogP contribution >= 0.6 is 23.4 Å². The highest BCUT2D eigenvalue weighted by Crippen LogP contribution is 2.45. The Balaban J connectivity index is 0.587. The number of rotatable bonds is 27. The van der Waals surface area contributed by atoms with Crippen LogP contribution in [-0.2, 0) is 43.8 Å². The lowest BCUT2D eigenvalue weighted by Crippen LogP contribution is -2.55. The Bertz CT molecular complexity index is 4320. The van der Waals surface area contributed by atoms with Gasteiger partial charge in [-0.3, -0.25) is 63.4 Å². The molecule has 4 N–H and O–H groups in total. The molecule has 0 saturated carbocycles. The second-order valence-corrected chi connectivity index (χ2v) is 33.6. The SMILES string of the molecule is CC1(CN2CCN(C(=O)CN3CCN(C(=O)CCCCNc4cccc5c4C(=O)N(C4CCC(=O)NC4=O)C5=O)CC3)CC2)CCC(c2ccc(Cl)cc2)=C(CN2CCN(c3ccc(C(=O)NS(=O)(=O)c4ccc(N[C@H](CCN5CCOCC5)CSc5ccccc5)c(S(=O)(=O)C(F)(F)F)c4)cc3)CC2)C1. The topological polar surface area (TPSA) is 271 Å². The Morgan fingerprint density at radius 3 is 2.08 bits per heavy atom. The van der Waals surface area contributed by atoms with Gasteiger partial charge in [0.1, 0.15) is 10.9 Å². The Kier molecular flexibility index (Phi) is 25.0. The number of ether oxygens (including phenoxy) is 1. The van der Waals surface area contributed by atoms with Gasteiger partial charge in [0, 0.05) is 169 Å². The number of piperazine rings is 3. The number of nitrogens with one attached hydrogen (secondary N) is 4. The predicted molar refractivity (Wildman–Crippen MR) is 398 cm³/mol. The summed E-state index contributed by atoms with van der Waals surface area (Å²) in [6.07, 6.45) is 4.84. The summed E-state index contributed by atoms with van der Waals surface area (Å²) in [6.45, 7) is 15.4. The molecule has 1 aliphatic carbocycles. The quantitative estimate of drug-likeness (QED) is 0.0222. The van der Waals surface area contributed by atoms with Crippen molar-refractivity contribution in [3.05, 3.63) is 148 Å². The van der Waals surface area contributed by atoms with E-state index in [2.05, 4.69) is 59.5 Å². The molecule has 106 heavy (non-hydrogen) atoms. The molecular formula is C75H90ClF3N12O12S3. The molecule has 2 unspecified atom stereocenters. The number of morpholine rings is 1. The maximum absolute atomic E-state index is 14.4. The molecular weight excluding hydrogens is 1450 g/mol. The number of amides is 7. The monoisotopic (exact) mass is 1540 g/mol. The number of fused-ring (bicyclic) bond motifs is 1. The molecule has 5 aromatic rings. The molecule has 7 amide bonds. The van der Waals surface area contributed by atoms with Crippen molar-refractivity contribution in [2.75, 3.05) is 159 Å². The number of piperidine rings is 1. The van der Waals surface area contributed by atoms with E-state index in [9.17, 15) is 63.6 Å². The van der Waals surface area contributed by atoms with E-state index in [-0.39, 0.29) is 53.3 Å². The van der Waals surface area contributed by atoms with Crippen LogP contribution < -0.4 is 25.6 Å². The zero-order valence-corrected chi connectivity index (χ0v) is 62.5. The molecule has 568 valence electrons. The van der Waals surface area contributed by atoms with Crippen molar-refractivity contribution < 1.29 is 68.3 Å². The maximum Gasteiger partial charge on any atom is 0.501 e. The van der Waals surface area contributed by atoms with Gasteiger partial charge in [0.05, 0.1) is 41.5 Å². The normalized spacial score (nSPS) is 20.9. The molecule has 3 atom stereocenters. The number of sulfone groups is 1. The van der Waals surface area contributed by atoms with Crippen LogP contribution in [-0.4, -0.2) is 253 Å². The number of hydrogen-bond acceptors (Lipinski definition) is 20. The van der Waals surface area contributed by atoms with E-state index in [0.717, 1.165) is 91.7 Å².